The Balaban J connectivity index is 2.66. The lowest BCUT2D eigenvalue weighted by Gasteiger charge is -2.32. The number of hydrogen-bond acceptors (Lipinski definition) is 6. The van der Waals surface area contributed by atoms with Gasteiger partial charge in [-0.25, -0.2) is 9.09 Å². The Morgan fingerprint density at radius 2 is 1.52 bits per heavy atom. The molecule has 0 aromatic heterocycles. The smallest absolute Gasteiger partial charge is 0.337 e. The Labute approximate surface area is 141 Å². The largest absolute Gasteiger partial charge is 0.478 e. The molecule has 1 rings (SSSR count). The Kier molecular flexibility index (Phi) is 9.88. The standard InChI is InChI=1S/C16H33N2O4P/c1-5-8-11-18-13-12-17(4)16(18)22-23(19,20-14-9-6-2)21-15-10-7-3/h12-13,16H,5-11,14-15H2,1-4H3. The van der Waals surface area contributed by atoms with E-state index in [1.54, 1.807) is 0 Å². The molecule has 0 radical (unpaired) electrons. The first-order valence-corrected chi connectivity index (χ1v) is 10.3. The van der Waals surface area contributed by atoms with Crippen molar-refractivity contribution >= 4 is 7.82 Å². The molecular formula is C16H33N2O4P. The van der Waals surface area contributed by atoms with Gasteiger partial charge in [0.25, 0.3) is 0 Å². The third kappa shape index (κ3) is 7.25. The van der Waals surface area contributed by atoms with Crippen molar-refractivity contribution < 1.29 is 18.1 Å². The van der Waals surface area contributed by atoms with Gasteiger partial charge >= 0.3 is 7.82 Å². The number of phosphoric acid groups is 1. The molecule has 0 amide bonds. The van der Waals surface area contributed by atoms with Crippen molar-refractivity contribution in [1.29, 1.82) is 0 Å². The van der Waals surface area contributed by atoms with Crippen LogP contribution in [0.15, 0.2) is 12.4 Å². The van der Waals surface area contributed by atoms with Gasteiger partial charge in [0.05, 0.1) is 13.2 Å². The number of unbranched alkanes of at least 4 members (excludes halogenated alkanes) is 3. The molecule has 6 nitrogen and oxygen atoms in total. The summed E-state index contributed by atoms with van der Waals surface area (Å²) >= 11 is 0. The van der Waals surface area contributed by atoms with Gasteiger partial charge in [0.15, 0.2) is 0 Å². The minimum absolute atomic E-state index is 0.388. The molecule has 0 saturated heterocycles. The van der Waals surface area contributed by atoms with Gasteiger partial charge in [0.2, 0.25) is 6.35 Å². The normalized spacial score (nSPS) is 18.2. The molecule has 0 N–H and O–H groups in total. The maximum Gasteiger partial charge on any atom is 0.478 e. The number of nitrogens with zero attached hydrogens (tertiary/aromatic N) is 2. The van der Waals surface area contributed by atoms with E-state index >= 15 is 0 Å². The average molecular weight is 348 g/mol. The maximum absolute atomic E-state index is 12.9. The zero-order valence-electron chi connectivity index (χ0n) is 15.1. The fourth-order valence-corrected chi connectivity index (χ4v) is 3.49. The molecule has 0 fully saturated rings. The topological polar surface area (TPSA) is 51.2 Å². The third-order valence-electron chi connectivity index (χ3n) is 3.61. The van der Waals surface area contributed by atoms with Crippen LogP contribution in [0.4, 0.5) is 0 Å². The Morgan fingerprint density at radius 1 is 0.957 bits per heavy atom. The van der Waals surface area contributed by atoms with Crippen LogP contribution in [-0.2, 0) is 18.1 Å². The molecule has 1 aliphatic heterocycles. The van der Waals surface area contributed by atoms with E-state index in [-0.39, 0.29) is 0 Å². The highest BCUT2D eigenvalue weighted by Crippen LogP contribution is 2.52. The second-order valence-electron chi connectivity index (χ2n) is 5.81. The van der Waals surface area contributed by atoms with E-state index in [4.69, 9.17) is 13.6 Å². The van der Waals surface area contributed by atoms with E-state index in [9.17, 15) is 4.57 Å². The molecule has 0 aromatic carbocycles. The molecule has 0 aliphatic carbocycles. The van der Waals surface area contributed by atoms with Crippen LogP contribution >= 0.6 is 7.82 Å². The monoisotopic (exact) mass is 348 g/mol. The van der Waals surface area contributed by atoms with Crippen molar-refractivity contribution in [2.24, 2.45) is 0 Å². The number of hydrogen-bond donors (Lipinski definition) is 0. The van der Waals surface area contributed by atoms with Gasteiger partial charge in [-0.3, -0.25) is 9.05 Å². The highest BCUT2D eigenvalue weighted by molar-refractivity contribution is 7.48. The summed E-state index contributed by atoms with van der Waals surface area (Å²) in [5.41, 5.74) is 0. The van der Waals surface area contributed by atoms with Crippen LogP contribution in [0.5, 0.6) is 0 Å². The van der Waals surface area contributed by atoms with Gasteiger partial charge in [-0.1, -0.05) is 40.0 Å². The maximum atomic E-state index is 12.9. The summed E-state index contributed by atoms with van der Waals surface area (Å²) in [7, 11) is -1.66. The second-order valence-corrected chi connectivity index (χ2v) is 7.43. The highest BCUT2D eigenvalue weighted by atomic mass is 31.2. The fraction of sp³-hybridized carbons (Fsp3) is 0.875. The summed E-state index contributed by atoms with van der Waals surface area (Å²) in [5.74, 6) is 0. The van der Waals surface area contributed by atoms with Gasteiger partial charge in [-0.15, -0.1) is 0 Å². The number of rotatable bonds is 13. The quantitative estimate of drug-likeness (QED) is 0.360. The lowest BCUT2D eigenvalue weighted by atomic mass is 10.3. The zero-order chi connectivity index (χ0) is 17.1. The van der Waals surface area contributed by atoms with E-state index in [0.29, 0.717) is 13.2 Å². The van der Waals surface area contributed by atoms with Gasteiger partial charge in [-0.2, -0.15) is 0 Å². The minimum Gasteiger partial charge on any atom is -0.337 e. The van der Waals surface area contributed by atoms with Crippen molar-refractivity contribution in [3.8, 4) is 0 Å². The van der Waals surface area contributed by atoms with Crippen LogP contribution in [0.3, 0.4) is 0 Å². The predicted molar refractivity (Wildman–Crippen MR) is 92.7 cm³/mol. The molecule has 136 valence electrons. The molecule has 7 heteroatoms. The van der Waals surface area contributed by atoms with Crippen LogP contribution < -0.4 is 0 Å². The Hall–Kier alpha value is -0.550. The van der Waals surface area contributed by atoms with Gasteiger partial charge in [0.1, 0.15) is 0 Å². The van der Waals surface area contributed by atoms with Crippen LogP contribution in [0.1, 0.15) is 59.3 Å². The molecule has 0 spiro atoms. The number of phosphoric ester groups is 1. The summed E-state index contributed by atoms with van der Waals surface area (Å²) in [5, 5.41) is 0. The first-order chi connectivity index (χ1) is 11.1. The van der Waals surface area contributed by atoms with Crippen molar-refractivity contribution in [3.05, 3.63) is 12.4 Å². The third-order valence-corrected chi connectivity index (χ3v) is 5.06. The molecule has 0 bridgehead atoms. The summed E-state index contributed by atoms with van der Waals surface area (Å²) in [6.45, 7) is 7.90. The summed E-state index contributed by atoms with van der Waals surface area (Å²) in [6.07, 6.45) is 9.21. The minimum atomic E-state index is -3.56. The molecular weight excluding hydrogens is 315 g/mol. The van der Waals surface area contributed by atoms with E-state index in [2.05, 4.69) is 20.8 Å². The summed E-state index contributed by atoms with van der Waals surface area (Å²) in [4.78, 5) is 3.91. The first kappa shape index (κ1) is 20.5. The van der Waals surface area contributed by atoms with Crippen molar-refractivity contribution in [1.82, 2.24) is 9.80 Å². The Bertz CT molecular complexity index is 378. The molecule has 1 aliphatic rings. The average Bonchev–Trinajstić information content (AvgIpc) is 2.86. The molecule has 1 heterocycles. The lowest BCUT2D eigenvalue weighted by Crippen LogP contribution is -2.39. The van der Waals surface area contributed by atoms with Crippen LogP contribution in [0, 0.1) is 0 Å². The van der Waals surface area contributed by atoms with Crippen LogP contribution in [0.25, 0.3) is 0 Å². The van der Waals surface area contributed by atoms with Crippen LogP contribution in [-0.4, -0.2) is 43.0 Å². The van der Waals surface area contributed by atoms with Crippen LogP contribution in [0.2, 0.25) is 0 Å². The molecule has 1 atom stereocenters. The molecule has 0 saturated carbocycles. The van der Waals surface area contributed by atoms with Gasteiger partial charge < -0.3 is 9.80 Å². The van der Waals surface area contributed by atoms with E-state index in [0.717, 1.165) is 45.1 Å². The van der Waals surface area contributed by atoms with E-state index < -0.39 is 14.2 Å². The molecule has 23 heavy (non-hydrogen) atoms. The van der Waals surface area contributed by atoms with Gasteiger partial charge in [0, 0.05) is 26.0 Å². The molecule has 0 aromatic rings. The SMILES string of the molecule is CCCCOP(=O)(OCCCC)OC1N(C)C=CN1CCCC. The lowest BCUT2D eigenvalue weighted by molar-refractivity contribution is -0.0462. The fourth-order valence-electron chi connectivity index (χ4n) is 2.09. The van der Waals surface area contributed by atoms with Crippen molar-refractivity contribution in [3.63, 3.8) is 0 Å². The van der Waals surface area contributed by atoms with Crippen molar-refractivity contribution in [2.75, 3.05) is 26.8 Å². The van der Waals surface area contributed by atoms with Crippen molar-refractivity contribution in [2.45, 2.75) is 65.6 Å². The van der Waals surface area contributed by atoms with E-state index in [1.165, 1.54) is 0 Å². The van der Waals surface area contributed by atoms with E-state index in [1.807, 2.05) is 29.2 Å². The zero-order valence-corrected chi connectivity index (χ0v) is 16.0. The van der Waals surface area contributed by atoms with Gasteiger partial charge in [-0.05, 0) is 19.3 Å². The highest BCUT2D eigenvalue weighted by Gasteiger charge is 2.36. The Morgan fingerprint density at radius 3 is 2.04 bits per heavy atom. The predicted octanol–water partition coefficient (Wildman–Crippen LogP) is 4.55. The molecule has 1 unspecified atom stereocenters. The summed E-state index contributed by atoms with van der Waals surface area (Å²) in [6, 6.07) is 0. The second kappa shape index (κ2) is 11.1. The summed E-state index contributed by atoms with van der Waals surface area (Å²) < 4.78 is 29.8. The first-order valence-electron chi connectivity index (χ1n) is 8.79.